The van der Waals surface area contributed by atoms with Gasteiger partial charge in [0, 0.05) is 24.5 Å². The summed E-state index contributed by atoms with van der Waals surface area (Å²) in [5.41, 5.74) is -0.472. The van der Waals surface area contributed by atoms with Gasteiger partial charge in [0.05, 0.1) is 36.5 Å². The van der Waals surface area contributed by atoms with Crippen molar-refractivity contribution in [2.75, 3.05) is 26.3 Å². The van der Waals surface area contributed by atoms with Crippen molar-refractivity contribution in [1.29, 1.82) is 0 Å². The van der Waals surface area contributed by atoms with Crippen molar-refractivity contribution >= 4 is 46.4 Å². The zero-order chi connectivity index (χ0) is 40.6. The maximum atomic E-state index is 15.3. The number of methoxy groups -OCH3 is 2. The van der Waals surface area contributed by atoms with Crippen LogP contribution in [-0.2, 0) is 30.8 Å². The fourth-order valence-electron chi connectivity index (χ4n) is 9.52. The summed E-state index contributed by atoms with van der Waals surface area (Å²) in [5.74, 6) is -7.55. The second kappa shape index (κ2) is 13.9. The monoisotopic (exact) mass is 797 g/mol. The van der Waals surface area contributed by atoms with Gasteiger partial charge in [-0.1, -0.05) is 83.9 Å². The van der Waals surface area contributed by atoms with Crippen molar-refractivity contribution in [3.05, 3.63) is 130 Å². The van der Waals surface area contributed by atoms with Crippen LogP contribution in [0.15, 0.2) is 103 Å². The van der Waals surface area contributed by atoms with Gasteiger partial charge < -0.3 is 14.6 Å². The maximum Gasteiger partial charge on any atom is 0.433 e. The normalized spacial score (nSPS) is 25.6. The fraction of sp³-hybridized carbons (Fsp3) is 0.279. The number of anilines is 1. The summed E-state index contributed by atoms with van der Waals surface area (Å²) in [5, 5.41) is 12.5. The molecule has 1 saturated carbocycles. The molecule has 0 unspecified atom stereocenters. The summed E-state index contributed by atoms with van der Waals surface area (Å²) in [4.78, 5) is 63.1. The molecule has 3 aliphatic carbocycles. The van der Waals surface area contributed by atoms with E-state index in [-0.39, 0.29) is 52.3 Å². The van der Waals surface area contributed by atoms with E-state index in [9.17, 15) is 27.9 Å². The summed E-state index contributed by atoms with van der Waals surface area (Å²) in [6, 6.07) is 22.6. The van der Waals surface area contributed by atoms with Crippen LogP contribution < -0.4 is 14.5 Å². The Hall–Kier alpha value is -5.95. The Morgan fingerprint density at radius 1 is 0.895 bits per heavy atom. The van der Waals surface area contributed by atoms with Crippen LogP contribution in [0.2, 0.25) is 5.02 Å². The zero-order valence-electron chi connectivity index (χ0n) is 30.8. The molecule has 1 aromatic heterocycles. The Kier molecular flexibility index (Phi) is 9.26. The number of hydrogen-bond acceptors (Lipinski definition) is 9. The predicted octanol–water partition coefficient (Wildman–Crippen LogP) is 7.35. The number of rotatable bonds is 7. The third-order valence-corrected chi connectivity index (χ3v) is 12.2. The molecule has 1 N–H and O–H groups in total. The lowest BCUT2D eigenvalue weighted by molar-refractivity contribution is -0.141. The molecular weight excluding hydrogens is 763 g/mol. The highest BCUT2D eigenvalue weighted by molar-refractivity contribution is 6.33. The number of phenolic OH excluding ortho intramolecular Hbond substituents is 1. The van der Waals surface area contributed by atoms with Crippen LogP contribution in [0.1, 0.15) is 41.1 Å². The summed E-state index contributed by atoms with van der Waals surface area (Å²) >= 11 is 6.33. The smallest absolute Gasteiger partial charge is 0.433 e. The molecule has 57 heavy (non-hydrogen) atoms. The molecule has 0 spiro atoms. The first-order valence-electron chi connectivity index (χ1n) is 18.1. The van der Waals surface area contributed by atoms with E-state index in [0.717, 1.165) is 16.1 Å². The Bertz CT molecular complexity index is 2380. The average molecular weight is 798 g/mol. The molecule has 10 nitrogen and oxygen atoms in total. The van der Waals surface area contributed by atoms with E-state index in [2.05, 4.69) is 4.98 Å². The molecule has 292 valence electrons. The number of benzene rings is 3. The number of fused-ring (bicyclic) bond motifs is 4. The molecule has 4 aliphatic rings. The van der Waals surface area contributed by atoms with E-state index in [4.69, 9.17) is 21.1 Å². The van der Waals surface area contributed by atoms with Crippen molar-refractivity contribution in [3.63, 3.8) is 0 Å². The van der Waals surface area contributed by atoms with Crippen molar-refractivity contribution in [2.24, 2.45) is 23.7 Å². The first-order chi connectivity index (χ1) is 27.2. The molecule has 6 atom stereocenters. The van der Waals surface area contributed by atoms with Crippen LogP contribution in [0.3, 0.4) is 0 Å². The predicted molar refractivity (Wildman–Crippen MR) is 202 cm³/mol. The van der Waals surface area contributed by atoms with E-state index in [1.165, 1.54) is 27.3 Å². The number of ether oxygens (including phenoxy) is 2. The number of allylic oxidation sites excluding steroid dienone is 4. The Balaban J connectivity index is 1.33. The number of amides is 2. The summed E-state index contributed by atoms with van der Waals surface area (Å²) in [7, 11) is 3.98. The molecule has 3 aromatic carbocycles. The highest BCUT2D eigenvalue weighted by Crippen LogP contribution is 2.64. The molecule has 0 radical (unpaired) electrons. The minimum absolute atomic E-state index is 0.0152. The zero-order valence-corrected chi connectivity index (χ0v) is 31.5. The van der Waals surface area contributed by atoms with Gasteiger partial charge in [-0.05, 0) is 65.8 Å². The summed E-state index contributed by atoms with van der Waals surface area (Å²) in [6.07, 6.45) is -1.58. The van der Waals surface area contributed by atoms with Crippen molar-refractivity contribution in [1.82, 2.24) is 9.99 Å². The molecule has 2 amide bonds. The van der Waals surface area contributed by atoms with Gasteiger partial charge in [0.2, 0.25) is 5.75 Å². The lowest BCUT2D eigenvalue weighted by Gasteiger charge is -2.55. The van der Waals surface area contributed by atoms with Gasteiger partial charge in [-0.15, -0.1) is 0 Å². The van der Waals surface area contributed by atoms with E-state index >= 15 is 9.59 Å². The molecular formula is C43H35ClF3N3O7. The lowest BCUT2D eigenvalue weighted by atomic mass is 9.44. The minimum Gasteiger partial charge on any atom is -0.502 e. The number of hydrazine groups is 1. The van der Waals surface area contributed by atoms with Gasteiger partial charge in [0.25, 0.3) is 11.8 Å². The lowest BCUT2D eigenvalue weighted by Crippen LogP contribution is -2.59. The van der Waals surface area contributed by atoms with Gasteiger partial charge in [-0.3, -0.25) is 24.2 Å². The number of hydrogen-bond donors (Lipinski definition) is 1. The molecule has 0 bridgehead atoms. The molecule has 1 saturated heterocycles. The fourth-order valence-corrected chi connectivity index (χ4v) is 9.75. The second-order valence-corrected chi connectivity index (χ2v) is 15.0. The number of aromatic hydroxyl groups is 1. The SMILES string of the molecule is COc1cc([C@H]2C3=CC[C@@H]4C(=O)N(N(C)c5nc(C(F)(F)F)ccc5Cl)C(=O)[C@@H]4[C@@H]3C[C@H]3C(=O)C(c4ccccc4)=CC(=O)[C@@]23c2ccccc2)cc(OC)c1O. The molecule has 2 fully saturated rings. The van der Waals surface area contributed by atoms with E-state index in [1.54, 1.807) is 72.8 Å². The van der Waals surface area contributed by atoms with Gasteiger partial charge in [0.15, 0.2) is 28.9 Å². The number of pyridine rings is 1. The number of carbonyl (C=O) groups is 4. The molecule has 14 heteroatoms. The second-order valence-electron chi connectivity index (χ2n) is 14.6. The number of aromatic nitrogens is 1. The van der Waals surface area contributed by atoms with E-state index in [1.807, 2.05) is 6.08 Å². The van der Waals surface area contributed by atoms with Crippen LogP contribution in [0.5, 0.6) is 17.2 Å². The van der Waals surface area contributed by atoms with Crippen molar-refractivity contribution < 1.29 is 46.9 Å². The number of carbonyl (C=O) groups excluding carboxylic acids is 4. The first-order valence-corrected chi connectivity index (χ1v) is 18.5. The van der Waals surface area contributed by atoms with Gasteiger partial charge in [-0.2, -0.15) is 18.2 Å². The standard InChI is InChI=1S/C43H35ClF3N3O7/c1-49(39-30(44)16-17-33(48-39)43(45,46)47)50-40(54)26-15-14-25-28(35(26)41(50)55)20-29-37(52)27(22-10-6-4-7-11-22)21-34(51)42(29,24-12-8-5-9-13-24)36(25)23-18-31(56-2)38(53)32(19-23)57-3/h4-14,16-19,21,26,28-29,35-36,53H,15,20H2,1-3H3/t26-,28+,29-,35-,36-,42-/m0/s1. The molecule has 2 heterocycles. The Morgan fingerprint density at radius 3 is 2.14 bits per heavy atom. The molecule has 4 aromatic rings. The minimum atomic E-state index is -4.83. The van der Waals surface area contributed by atoms with Crippen LogP contribution in [0.25, 0.3) is 5.57 Å². The molecule has 1 aliphatic heterocycles. The number of imide groups is 1. The van der Waals surface area contributed by atoms with Crippen LogP contribution in [0, 0.1) is 23.7 Å². The van der Waals surface area contributed by atoms with Crippen molar-refractivity contribution in [2.45, 2.75) is 30.4 Å². The third kappa shape index (κ3) is 5.73. The first kappa shape index (κ1) is 37.9. The number of alkyl halides is 3. The number of ketones is 2. The van der Waals surface area contributed by atoms with Crippen molar-refractivity contribution in [3.8, 4) is 17.2 Å². The molecule has 8 rings (SSSR count). The Morgan fingerprint density at radius 2 is 1.53 bits per heavy atom. The summed E-state index contributed by atoms with van der Waals surface area (Å²) in [6.45, 7) is 0. The van der Waals surface area contributed by atoms with Gasteiger partial charge >= 0.3 is 6.18 Å². The highest BCUT2D eigenvalue weighted by atomic mass is 35.5. The van der Waals surface area contributed by atoms with E-state index in [0.29, 0.717) is 28.3 Å². The average Bonchev–Trinajstić information content (AvgIpc) is 3.47. The topological polar surface area (TPSA) is 126 Å². The van der Waals surface area contributed by atoms with Crippen LogP contribution in [0.4, 0.5) is 19.0 Å². The van der Waals surface area contributed by atoms with Crippen LogP contribution in [-0.4, -0.2) is 59.7 Å². The number of nitrogens with zero attached hydrogens (tertiary/aromatic N) is 3. The van der Waals surface area contributed by atoms with Crippen LogP contribution >= 0.6 is 11.6 Å². The number of phenols is 1. The summed E-state index contributed by atoms with van der Waals surface area (Å²) < 4.78 is 52.3. The number of halogens is 4. The quantitative estimate of drug-likeness (QED) is 0.151. The van der Waals surface area contributed by atoms with E-state index < -0.39 is 64.5 Å². The largest absolute Gasteiger partial charge is 0.502 e. The Labute approximate surface area is 330 Å². The highest BCUT2D eigenvalue weighted by Gasteiger charge is 2.66. The van der Waals surface area contributed by atoms with Gasteiger partial charge in [-0.25, -0.2) is 4.98 Å². The third-order valence-electron chi connectivity index (χ3n) is 11.9. The maximum absolute atomic E-state index is 15.3. The number of Topliss-reactive ketones (excluding diaryl/α,β-unsaturated/α-hetero) is 1. The van der Waals surface area contributed by atoms with Gasteiger partial charge in [0.1, 0.15) is 5.69 Å².